The maximum Gasteiger partial charge on any atom is 0.184 e. The first-order valence-corrected chi connectivity index (χ1v) is 12.6. The number of hydrogen-bond acceptors (Lipinski definition) is 3. The smallest absolute Gasteiger partial charge is 0.184 e. The highest BCUT2D eigenvalue weighted by atomic mass is 28.4. The van der Waals surface area contributed by atoms with Gasteiger partial charge in [0.2, 0.25) is 0 Å². The summed E-state index contributed by atoms with van der Waals surface area (Å²) in [7, 11) is -1.68. The number of hydrogen-bond donors (Lipinski definition) is 0. The number of rotatable bonds is 5. The van der Waals surface area contributed by atoms with Crippen molar-refractivity contribution in [2.45, 2.75) is 77.5 Å². The van der Waals surface area contributed by atoms with E-state index in [2.05, 4.69) is 47.0 Å². The van der Waals surface area contributed by atoms with Crippen LogP contribution in [0.25, 0.3) is 0 Å². The van der Waals surface area contributed by atoms with Crippen LogP contribution in [0.4, 0.5) is 0 Å². The second kappa shape index (κ2) is 6.99. The molecule has 3 nitrogen and oxygen atoms in total. The summed E-state index contributed by atoms with van der Waals surface area (Å²) in [6.45, 7) is 18.7. The lowest BCUT2D eigenvalue weighted by Gasteiger charge is -2.54. The summed E-state index contributed by atoms with van der Waals surface area (Å²) >= 11 is 0. The van der Waals surface area contributed by atoms with Gasteiger partial charge in [0, 0.05) is 12.3 Å². The van der Waals surface area contributed by atoms with Crippen molar-refractivity contribution in [3.8, 4) is 0 Å². The molecular weight excluding hydrogens is 304 g/mol. The maximum absolute atomic E-state index is 6.49. The maximum atomic E-state index is 6.49. The Morgan fingerprint density at radius 2 is 1.83 bits per heavy atom. The van der Waals surface area contributed by atoms with Gasteiger partial charge in [-0.1, -0.05) is 33.3 Å². The van der Waals surface area contributed by atoms with Crippen LogP contribution in [0.15, 0.2) is 12.7 Å². The molecule has 1 saturated heterocycles. The molecule has 2 atom stereocenters. The van der Waals surface area contributed by atoms with Gasteiger partial charge in [0.25, 0.3) is 0 Å². The molecule has 1 aliphatic carbocycles. The van der Waals surface area contributed by atoms with Gasteiger partial charge in [-0.2, -0.15) is 0 Å². The quantitative estimate of drug-likeness (QED) is 0.521. The molecule has 2 unspecified atom stereocenters. The van der Waals surface area contributed by atoms with Crippen LogP contribution in [0.2, 0.25) is 19.6 Å². The van der Waals surface area contributed by atoms with E-state index in [1.54, 1.807) is 0 Å². The standard InChI is InChI=1S/C19H36O3Si/c1-8-11-18(22-23(5,6)7)13-20-19(21-14-18)12-16(4)9-10-17(19)15(2)3/h8,15-17H,1,9-14H2,2-7H3. The monoisotopic (exact) mass is 340 g/mol. The molecule has 0 N–H and O–H groups in total. The van der Waals surface area contributed by atoms with Crippen LogP contribution in [-0.2, 0) is 13.9 Å². The zero-order valence-corrected chi connectivity index (χ0v) is 17.0. The first-order valence-electron chi connectivity index (χ1n) is 9.20. The van der Waals surface area contributed by atoms with E-state index >= 15 is 0 Å². The normalized spacial score (nSPS) is 38.9. The lowest BCUT2D eigenvalue weighted by Crippen LogP contribution is -2.61. The van der Waals surface area contributed by atoms with Crippen LogP contribution >= 0.6 is 0 Å². The molecule has 2 fully saturated rings. The van der Waals surface area contributed by atoms with E-state index in [4.69, 9.17) is 13.9 Å². The van der Waals surface area contributed by atoms with Crippen molar-refractivity contribution in [1.29, 1.82) is 0 Å². The topological polar surface area (TPSA) is 27.7 Å². The van der Waals surface area contributed by atoms with E-state index < -0.39 is 14.1 Å². The van der Waals surface area contributed by atoms with Crippen molar-refractivity contribution < 1.29 is 13.9 Å². The van der Waals surface area contributed by atoms with Crippen molar-refractivity contribution in [3.63, 3.8) is 0 Å². The molecule has 0 aromatic carbocycles. The van der Waals surface area contributed by atoms with Crippen molar-refractivity contribution in [3.05, 3.63) is 12.7 Å². The summed E-state index contributed by atoms with van der Waals surface area (Å²) in [6.07, 6.45) is 6.21. The van der Waals surface area contributed by atoms with Crippen molar-refractivity contribution in [2.75, 3.05) is 13.2 Å². The minimum Gasteiger partial charge on any atom is -0.407 e. The van der Waals surface area contributed by atoms with Gasteiger partial charge in [-0.15, -0.1) is 6.58 Å². The van der Waals surface area contributed by atoms with E-state index in [9.17, 15) is 0 Å². The molecule has 2 aliphatic rings. The summed E-state index contributed by atoms with van der Waals surface area (Å²) in [6, 6.07) is 0. The Kier molecular flexibility index (Phi) is 5.82. The summed E-state index contributed by atoms with van der Waals surface area (Å²) in [5.41, 5.74) is -0.348. The van der Waals surface area contributed by atoms with Gasteiger partial charge in [-0.25, -0.2) is 0 Å². The Morgan fingerprint density at radius 3 is 2.30 bits per heavy atom. The molecule has 1 aliphatic heterocycles. The molecule has 0 amide bonds. The molecular formula is C19H36O3Si. The molecule has 0 bridgehead atoms. The summed E-state index contributed by atoms with van der Waals surface area (Å²) in [4.78, 5) is 0. The summed E-state index contributed by atoms with van der Waals surface area (Å²) in [5.74, 6) is 1.31. The van der Waals surface area contributed by atoms with Crippen LogP contribution in [0.3, 0.4) is 0 Å². The molecule has 23 heavy (non-hydrogen) atoms. The van der Waals surface area contributed by atoms with Gasteiger partial charge < -0.3 is 13.9 Å². The third-order valence-electron chi connectivity index (χ3n) is 5.17. The molecule has 134 valence electrons. The SMILES string of the molecule is C=CCC1(O[Si](C)(C)C)COC2(CC(C)CCC2C(C)C)OC1. The minimum atomic E-state index is -1.68. The van der Waals surface area contributed by atoms with Crippen LogP contribution in [-0.4, -0.2) is 32.9 Å². The molecule has 4 heteroatoms. The van der Waals surface area contributed by atoms with E-state index in [-0.39, 0.29) is 5.60 Å². The van der Waals surface area contributed by atoms with Crippen LogP contribution in [0.1, 0.15) is 46.5 Å². The predicted octanol–water partition coefficient (Wildman–Crippen LogP) is 4.99. The molecule has 0 aromatic rings. The highest BCUT2D eigenvalue weighted by Gasteiger charge is 2.53. The molecule has 1 heterocycles. The minimum absolute atomic E-state index is 0.348. The van der Waals surface area contributed by atoms with Crippen LogP contribution in [0, 0.1) is 17.8 Å². The van der Waals surface area contributed by atoms with E-state index in [0.717, 1.165) is 12.8 Å². The Bertz CT molecular complexity index is 405. The lowest BCUT2D eigenvalue weighted by atomic mass is 9.72. The fourth-order valence-electron chi connectivity index (χ4n) is 4.32. The predicted molar refractivity (Wildman–Crippen MR) is 98.0 cm³/mol. The van der Waals surface area contributed by atoms with Gasteiger partial charge in [0.1, 0.15) is 5.60 Å². The van der Waals surface area contributed by atoms with Gasteiger partial charge in [-0.3, -0.25) is 0 Å². The van der Waals surface area contributed by atoms with Crippen molar-refractivity contribution in [1.82, 2.24) is 0 Å². The largest absolute Gasteiger partial charge is 0.407 e. The first kappa shape index (κ1) is 19.2. The van der Waals surface area contributed by atoms with E-state index in [1.807, 2.05) is 6.08 Å². The summed E-state index contributed by atoms with van der Waals surface area (Å²) < 4.78 is 19.5. The van der Waals surface area contributed by atoms with Gasteiger partial charge >= 0.3 is 0 Å². The molecule has 2 rings (SSSR count). The van der Waals surface area contributed by atoms with Crippen LogP contribution in [0.5, 0.6) is 0 Å². The Balaban J connectivity index is 2.16. The first-order chi connectivity index (χ1) is 10.6. The Morgan fingerprint density at radius 1 is 1.22 bits per heavy atom. The molecule has 1 spiro atoms. The van der Waals surface area contributed by atoms with E-state index in [0.29, 0.717) is 31.0 Å². The lowest BCUT2D eigenvalue weighted by molar-refractivity contribution is -0.352. The third kappa shape index (κ3) is 4.47. The van der Waals surface area contributed by atoms with E-state index in [1.165, 1.54) is 12.8 Å². The van der Waals surface area contributed by atoms with Gasteiger partial charge in [-0.05, 0) is 44.3 Å². The highest BCUT2D eigenvalue weighted by Crippen LogP contribution is 2.47. The fraction of sp³-hybridized carbons (Fsp3) is 0.895. The fourth-order valence-corrected chi connectivity index (χ4v) is 5.82. The van der Waals surface area contributed by atoms with Crippen LogP contribution < -0.4 is 0 Å². The third-order valence-corrected chi connectivity index (χ3v) is 6.22. The zero-order valence-electron chi connectivity index (χ0n) is 16.0. The zero-order chi connectivity index (χ0) is 17.3. The average molecular weight is 341 g/mol. The second-order valence-electron chi connectivity index (χ2n) is 9.02. The Labute approximate surface area is 143 Å². The van der Waals surface area contributed by atoms with Crippen molar-refractivity contribution >= 4 is 8.32 Å². The molecule has 1 saturated carbocycles. The van der Waals surface area contributed by atoms with Crippen molar-refractivity contribution in [2.24, 2.45) is 17.8 Å². The van der Waals surface area contributed by atoms with Gasteiger partial charge in [0.05, 0.1) is 13.2 Å². The number of ether oxygens (including phenoxy) is 2. The second-order valence-corrected chi connectivity index (χ2v) is 13.4. The Hall–Kier alpha value is -0.163. The molecule has 0 aromatic heterocycles. The van der Waals surface area contributed by atoms with Gasteiger partial charge in [0.15, 0.2) is 14.1 Å². The molecule has 0 radical (unpaired) electrons. The average Bonchev–Trinajstić information content (AvgIpc) is 2.41. The summed E-state index contributed by atoms with van der Waals surface area (Å²) in [5, 5.41) is 0. The highest BCUT2D eigenvalue weighted by molar-refractivity contribution is 6.69.